The van der Waals surface area contributed by atoms with Crippen LogP contribution in [0.1, 0.15) is 63.0 Å². The first-order valence-corrected chi connectivity index (χ1v) is 11.2. The van der Waals surface area contributed by atoms with E-state index < -0.39 is 64.7 Å². The third kappa shape index (κ3) is 6.71. The smallest absolute Gasteiger partial charge is 0.243 e. The Bertz CT molecular complexity index is 918. The summed E-state index contributed by atoms with van der Waals surface area (Å²) < 4.78 is 42.8. The number of carbonyl (C=O) groups is 2. The molecule has 8 nitrogen and oxygen atoms in total. The van der Waals surface area contributed by atoms with Crippen molar-refractivity contribution < 1.29 is 27.9 Å². The molecule has 1 heterocycles. The lowest BCUT2D eigenvalue weighted by molar-refractivity contribution is -0.140. The fraction of sp³-hybridized carbons (Fsp3) is 0.591. The Balaban J connectivity index is 0.00000306. The van der Waals surface area contributed by atoms with Crippen LogP contribution in [0.25, 0.3) is 0 Å². The summed E-state index contributed by atoms with van der Waals surface area (Å²) in [7, 11) is 0. The van der Waals surface area contributed by atoms with E-state index in [-0.39, 0.29) is 36.8 Å². The fourth-order valence-corrected chi connectivity index (χ4v) is 4.64. The number of amidine groups is 1. The molecule has 2 fully saturated rings. The van der Waals surface area contributed by atoms with Gasteiger partial charge in [0, 0.05) is 24.7 Å². The Morgan fingerprint density at radius 3 is 2.31 bits per heavy atom. The lowest BCUT2D eigenvalue weighted by atomic mass is 9.95. The number of carbonyl (C=O) groups excluding carboxylic acids is 2. The normalized spacial score (nSPS) is 18.9. The lowest BCUT2D eigenvalue weighted by Gasteiger charge is -2.30. The molecular weight excluding hydrogens is 510 g/mol. The molecule has 2 amide bonds. The van der Waals surface area contributed by atoms with Crippen molar-refractivity contribution in [3.05, 3.63) is 28.6 Å². The number of nitrogens with one attached hydrogen (secondary N) is 3. The molecule has 1 aliphatic heterocycles. The number of nitrogens with two attached hydrogens (primary N) is 1. The van der Waals surface area contributed by atoms with Crippen LogP contribution in [0.4, 0.5) is 13.2 Å². The van der Waals surface area contributed by atoms with E-state index in [0.717, 1.165) is 25.7 Å². The molecule has 1 aliphatic carbocycles. The highest BCUT2D eigenvalue weighted by molar-refractivity contribution is 5.98. The van der Waals surface area contributed by atoms with E-state index >= 15 is 0 Å². The molecule has 6 N–H and O–H groups in total. The minimum Gasteiger partial charge on any atom is -0.504 e. The standard InChI is InChI=1S/C22H30F3N5O3.2ClH/c1-11(29-12-6-3-2-4-7-12)22(33)30-9-5-8-14(30)21(32)28-10-13-16(23)18(25)15(20(26)27)19(31)17(13)24;;/h11-12,14,29,31H,2-10H2,1H3,(H3,26,27)(H,28,32);2*1H/t11-,14+;;/m1../s1. The Hall–Kier alpha value is -2.24. The highest BCUT2D eigenvalue weighted by atomic mass is 35.5. The van der Waals surface area contributed by atoms with Gasteiger partial charge in [-0.3, -0.25) is 15.0 Å². The van der Waals surface area contributed by atoms with Crippen molar-refractivity contribution in [2.24, 2.45) is 5.73 Å². The van der Waals surface area contributed by atoms with Crippen molar-refractivity contribution in [3.8, 4) is 5.75 Å². The number of benzene rings is 1. The summed E-state index contributed by atoms with van der Waals surface area (Å²) in [6.07, 6.45) is 6.42. The van der Waals surface area contributed by atoms with Gasteiger partial charge in [0.05, 0.1) is 11.6 Å². The first kappa shape index (κ1) is 30.8. The summed E-state index contributed by atoms with van der Waals surface area (Å²) in [5, 5.41) is 22.6. The van der Waals surface area contributed by atoms with E-state index in [0.29, 0.717) is 19.4 Å². The van der Waals surface area contributed by atoms with Gasteiger partial charge >= 0.3 is 0 Å². The van der Waals surface area contributed by atoms with Crippen molar-refractivity contribution in [2.75, 3.05) is 6.54 Å². The van der Waals surface area contributed by atoms with Gasteiger partial charge in [-0.15, -0.1) is 24.8 Å². The highest BCUT2D eigenvalue weighted by Gasteiger charge is 2.37. The molecular formula is C22H32Cl2F3N5O3. The third-order valence-corrected chi connectivity index (χ3v) is 6.40. The van der Waals surface area contributed by atoms with Crippen LogP contribution in [0.5, 0.6) is 5.75 Å². The molecule has 2 atom stereocenters. The van der Waals surface area contributed by atoms with Gasteiger partial charge in [0.15, 0.2) is 23.2 Å². The van der Waals surface area contributed by atoms with Crippen molar-refractivity contribution >= 4 is 42.5 Å². The average molecular weight is 542 g/mol. The van der Waals surface area contributed by atoms with Crippen molar-refractivity contribution in [3.63, 3.8) is 0 Å². The molecule has 1 saturated heterocycles. The molecule has 0 radical (unpaired) electrons. The molecule has 0 bridgehead atoms. The zero-order chi connectivity index (χ0) is 24.3. The van der Waals surface area contributed by atoms with Crippen LogP contribution in [-0.4, -0.2) is 52.3 Å². The number of amides is 2. The summed E-state index contributed by atoms with van der Waals surface area (Å²) in [6, 6.07) is -1.02. The van der Waals surface area contributed by atoms with E-state index in [2.05, 4.69) is 10.6 Å². The maximum Gasteiger partial charge on any atom is 0.243 e. The Morgan fingerprint density at radius 2 is 1.71 bits per heavy atom. The number of phenols is 1. The van der Waals surface area contributed by atoms with E-state index in [1.807, 2.05) is 0 Å². The monoisotopic (exact) mass is 541 g/mol. The van der Waals surface area contributed by atoms with Gasteiger partial charge in [0.25, 0.3) is 0 Å². The van der Waals surface area contributed by atoms with Gasteiger partial charge in [-0.1, -0.05) is 19.3 Å². The quantitative estimate of drug-likeness (QED) is 0.206. The lowest BCUT2D eigenvalue weighted by Crippen LogP contribution is -2.53. The number of hydrogen-bond acceptors (Lipinski definition) is 5. The third-order valence-electron chi connectivity index (χ3n) is 6.40. The molecule has 1 aromatic carbocycles. The fourth-order valence-electron chi connectivity index (χ4n) is 4.64. The highest BCUT2D eigenvalue weighted by Crippen LogP contribution is 2.30. The van der Waals surface area contributed by atoms with Gasteiger partial charge in [-0.05, 0) is 32.6 Å². The van der Waals surface area contributed by atoms with Gasteiger partial charge in [-0.25, -0.2) is 13.2 Å². The van der Waals surface area contributed by atoms with Crippen molar-refractivity contribution in [1.82, 2.24) is 15.5 Å². The Morgan fingerprint density at radius 1 is 1.09 bits per heavy atom. The number of hydrogen-bond donors (Lipinski definition) is 5. The molecule has 0 unspecified atom stereocenters. The van der Waals surface area contributed by atoms with Crippen LogP contribution < -0.4 is 16.4 Å². The summed E-state index contributed by atoms with van der Waals surface area (Å²) in [6.45, 7) is 1.41. The van der Waals surface area contributed by atoms with Gasteiger partial charge < -0.3 is 26.4 Å². The molecule has 3 rings (SSSR count). The van der Waals surface area contributed by atoms with Gasteiger partial charge in [0.1, 0.15) is 11.9 Å². The predicted molar refractivity (Wildman–Crippen MR) is 130 cm³/mol. The first-order valence-electron chi connectivity index (χ1n) is 11.2. The molecule has 1 aromatic rings. The minimum absolute atomic E-state index is 0. The van der Waals surface area contributed by atoms with Crippen LogP contribution in [0.15, 0.2) is 0 Å². The Kier molecular flexibility index (Phi) is 11.6. The van der Waals surface area contributed by atoms with E-state index in [4.69, 9.17) is 11.1 Å². The molecule has 198 valence electrons. The van der Waals surface area contributed by atoms with Crippen LogP contribution in [0.2, 0.25) is 0 Å². The molecule has 0 spiro atoms. The van der Waals surface area contributed by atoms with E-state index in [1.165, 1.54) is 11.3 Å². The number of rotatable bonds is 7. The molecule has 0 aromatic heterocycles. The maximum atomic E-state index is 14.4. The molecule has 35 heavy (non-hydrogen) atoms. The predicted octanol–water partition coefficient (Wildman–Crippen LogP) is 2.86. The topological polar surface area (TPSA) is 132 Å². The summed E-state index contributed by atoms with van der Waals surface area (Å²) >= 11 is 0. The number of likely N-dealkylation sites (tertiary alicyclic amines) is 1. The van der Waals surface area contributed by atoms with Gasteiger partial charge in [-0.2, -0.15) is 0 Å². The average Bonchev–Trinajstić information content (AvgIpc) is 3.27. The number of nitrogen functional groups attached to an aromatic ring is 1. The van der Waals surface area contributed by atoms with Crippen LogP contribution in [0.3, 0.4) is 0 Å². The van der Waals surface area contributed by atoms with Gasteiger partial charge in [0.2, 0.25) is 11.8 Å². The number of phenolic OH excluding ortho intramolecular Hbond substituents is 1. The summed E-state index contributed by atoms with van der Waals surface area (Å²) in [5.74, 6) is -8.01. The molecule has 1 saturated carbocycles. The van der Waals surface area contributed by atoms with Crippen molar-refractivity contribution in [1.29, 1.82) is 5.41 Å². The van der Waals surface area contributed by atoms with E-state index in [9.17, 15) is 27.9 Å². The number of aromatic hydroxyl groups is 1. The zero-order valence-corrected chi connectivity index (χ0v) is 21.0. The summed E-state index contributed by atoms with van der Waals surface area (Å²) in [5.41, 5.74) is 3.10. The SMILES string of the molecule is C[C@@H](NC1CCCCC1)C(=O)N1CCC[C@H]1C(=O)NCc1c(F)c(O)c(C(=N)N)c(F)c1F.Cl.Cl. The Labute approximate surface area is 214 Å². The number of halogens is 5. The second-order valence-corrected chi connectivity index (χ2v) is 8.69. The molecule has 2 aliphatic rings. The van der Waals surface area contributed by atoms with Crippen molar-refractivity contribution in [2.45, 2.75) is 76.5 Å². The summed E-state index contributed by atoms with van der Waals surface area (Å²) in [4.78, 5) is 27.1. The van der Waals surface area contributed by atoms with Crippen LogP contribution in [0, 0.1) is 22.9 Å². The largest absolute Gasteiger partial charge is 0.504 e. The number of nitrogens with zero attached hydrogens (tertiary/aromatic N) is 1. The maximum absolute atomic E-state index is 14.4. The molecule has 13 heteroatoms. The second kappa shape index (κ2) is 13.2. The van der Waals surface area contributed by atoms with Crippen LogP contribution in [-0.2, 0) is 16.1 Å². The second-order valence-electron chi connectivity index (χ2n) is 8.69. The minimum atomic E-state index is -1.68. The van der Waals surface area contributed by atoms with E-state index in [1.54, 1.807) is 6.92 Å². The first-order chi connectivity index (χ1) is 15.6. The van der Waals surface area contributed by atoms with Crippen LogP contribution >= 0.6 is 24.8 Å². The zero-order valence-electron chi connectivity index (χ0n) is 19.3.